The zero-order valence-electron chi connectivity index (χ0n) is 16.8. The van der Waals surface area contributed by atoms with Crippen LogP contribution in [0.15, 0.2) is 47.2 Å². The molecule has 1 fully saturated rings. The van der Waals surface area contributed by atoms with Gasteiger partial charge in [-0.3, -0.25) is 14.5 Å². The molecule has 0 N–H and O–H groups in total. The number of halogens is 2. The van der Waals surface area contributed by atoms with Gasteiger partial charge in [0.25, 0.3) is 11.8 Å². The van der Waals surface area contributed by atoms with Crippen LogP contribution in [0.4, 0.5) is 8.78 Å². The summed E-state index contributed by atoms with van der Waals surface area (Å²) < 4.78 is 34.4. The molecule has 4 heterocycles. The lowest BCUT2D eigenvalue weighted by Gasteiger charge is -2.31. The molecule has 6 nitrogen and oxygen atoms in total. The topological polar surface area (TPSA) is 64.2 Å². The highest BCUT2D eigenvalue weighted by atomic mass is 32.2. The van der Waals surface area contributed by atoms with Crippen molar-refractivity contribution in [3.8, 4) is 11.3 Å². The average molecular weight is 442 g/mol. The van der Waals surface area contributed by atoms with E-state index in [0.29, 0.717) is 5.88 Å². The first-order chi connectivity index (χ1) is 15.0. The number of fused-ring (bicyclic) bond motifs is 2. The SMILES string of the molecule is CSCn1nc(-c2coc3ccccc23)c2cnc(C(=O)N3CCC(F)(F)CC3)cc21. The summed E-state index contributed by atoms with van der Waals surface area (Å²) in [5, 5.41) is 6.53. The van der Waals surface area contributed by atoms with Gasteiger partial charge in [-0.2, -0.15) is 5.10 Å². The highest BCUT2D eigenvalue weighted by Gasteiger charge is 2.36. The lowest BCUT2D eigenvalue weighted by molar-refractivity contribution is -0.0495. The van der Waals surface area contributed by atoms with Crippen LogP contribution in [0.1, 0.15) is 23.3 Å². The molecular formula is C22H20F2N4O2S. The van der Waals surface area contributed by atoms with Gasteiger partial charge in [0.05, 0.1) is 11.4 Å². The fraction of sp³-hybridized carbons (Fsp3) is 0.318. The van der Waals surface area contributed by atoms with Gasteiger partial charge >= 0.3 is 0 Å². The molecule has 160 valence electrons. The number of likely N-dealkylation sites (tertiary alicyclic amines) is 1. The number of rotatable bonds is 4. The quantitative estimate of drug-likeness (QED) is 0.443. The maximum atomic E-state index is 13.5. The third-order valence-corrected chi connectivity index (χ3v) is 6.13. The molecular weight excluding hydrogens is 422 g/mol. The zero-order chi connectivity index (χ0) is 21.6. The van der Waals surface area contributed by atoms with Gasteiger partial charge in [-0.15, -0.1) is 11.8 Å². The molecule has 1 amide bonds. The fourth-order valence-corrected chi connectivity index (χ4v) is 4.41. The second-order valence-corrected chi connectivity index (χ2v) is 8.48. The Kier molecular flexibility index (Phi) is 4.92. The highest BCUT2D eigenvalue weighted by molar-refractivity contribution is 7.97. The maximum Gasteiger partial charge on any atom is 0.272 e. The third kappa shape index (κ3) is 3.56. The number of hydrogen-bond donors (Lipinski definition) is 0. The van der Waals surface area contributed by atoms with Crippen molar-refractivity contribution in [3.05, 3.63) is 48.5 Å². The number of amides is 1. The normalized spacial score (nSPS) is 16.3. The Morgan fingerprint density at radius 3 is 2.77 bits per heavy atom. The van der Waals surface area contributed by atoms with Gasteiger partial charge in [0.2, 0.25) is 0 Å². The number of thioether (sulfide) groups is 1. The molecule has 1 aliphatic heterocycles. The Balaban J connectivity index is 1.56. The standard InChI is InChI=1S/C22H20F2N4O2S/c1-31-13-28-18-10-17(21(29)27-8-6-22(23,24)7-9-27)25-11-15(18)20(26-28)16-12-30-19-5-3-2-4-14(16)19/h2-5,10-12H,6-9,13H2,1H3. The summed E-state index contributed by atoms with van der Waals surface area (Å²) in [5.74, 6) is -2.43. The molecule has 1 aromatic carbocycles. The van der Waals surface area contributed by atoms with Crippen LogP contribution < -0.4 is 0 Å². The van der Waals surface area contributed by atoms with E-state index in [4.69, 9.17) is 9.52 Å². The Bertz CT molecular complexity index is 1270. The van der Waals surface area contributed by atoms with Crippen molar-refractivity contribution in [2.45, 2.75) is 24.6 Å². The third-order valence-electron chi connectivity index (χ3n) is 5.62. The van der Waals surface area contributed by atoms with E-state index in [2.05, 4.69) is 4.98 Å². The van der Waals surface area contributed by atoms with E-state index < -0.39 is 5.92 Å². The van der Waals surface area contributed by atoms with E-state index in [1.165, 1.54) is 4.90 Å². The Hall–Kier alpha value is -2.94. The molecule has 4 aromatic rings. The molecule has 3 aromatic heterocycles. The molecule has 0 spiro atoms. The summed E-state index contributed by atoms with van der Waals surface area (Å²) in [7, 11) is 0. The minimum absolute atomic E-state index is 0.0296. The van der Waals surface area contributed by atoms with Crippen LogP contribution in [-0.2, 0) is 5.88 Å². The molecule has 5 rings (SSSR count). The van der Waals surface area contributed by atoms with Gasteiger partial charge in [0.1, 0.15) is 23.2 Å². The molecule has 1 aliphatic rings. The van der Waals surface area contributed by atoms with E-state index in [-0.39, 0.29) is 37.5 Å². The number of benzene rings is 1. The van der Waals surface area contributed by atoms with Gasteiger partial charge in [-0.05, 0) is 18.4 Å². The van der Waals surface area contributed by atoms with Crippen LogP contribution in [0.3, 0.4) is 0 Å². The number of furan rings is 1. The Labute approximate surface area is 181 Å². The lowest BCUT2D eigenvalue weighted by Crippen LogP contribution is -2.43. The maximum absolute atomic E-state index is 13.5. The molecule has 0 unspecified atom stereocenters. The monoisotopic (exact) mass is 442 g/mol. The van der Waals surface area contributed by atoms with Gasteiger partial charge in [-0.1, -0.05) is 18.2 Å². The van der Waals surface area contributed by atoms with E-state index in [1.807, 2.05) is 35.2 Å². The number of nitrogens with zero attached hydrogens (tertiary/aromatic N) is 4. The van der Waals surface area contributed by atoms with E-state index in [0.717, 1.165) is 33.1 Å². The summed E-state index contributed by atoms with van der Waals surface area (Å²) >= 11 is 1.60. The number of alkyl halides is 2. The van der Waals surface area contributed by atoms with E-state index in [1.54, 1.807) is 30.3 Å². The second-order valence-electron chi connectivity index (χ2n) is 7.65. The van der Waals surface area contributed by atoms with Crippen molar-refractivity contribution >= 4 is 39.5 Å². The van der Waals surface area contributed by atoms with Crippen molar-refractivity contribution in [2.24, 2.45) is 0 Å². The number of carbonyl (C=O) groups excluding carboxylic acids is 1. The Morgan fingerprint density at radius 2 is 2.00 bits per heavy atom. The van der Waals surface area contributed by atoms with Crippen molar-refractivity contribution in [1.29, 1.82) is 0 Å². The van der Waals surface area contributed by atoms with E-state index in [9.17, 15) is 13.6 Å². The number of carbonyl (C=O) groups is 1. The van der Waals surface area contributed by atoms with Gasteiger partial charge < -0.3 is 9.32 Å². The van der Waals surface area contributed by atoms with Crippen LogP contribution >= 0.6 is 11.8 Å². The van der Waals surface area contributed by atoms with Crippen molar-refractivity contribution in [2.75, 3.05) is 19.3 Å². The van der Waals surface area contributed by atoms with Crippen LogP contribution in [-0.4, -0.2) is 50.8 Å². The minimum Gasteiger partial charge on any atom is -0.464 e. The highest BCUT2D eigenvalue weighted by Crippen LogP contribution is 2.35. The van der Waals surface area contributed by atoms with Crippen LogP contribution in [0.5, 0.6) is 0 Å². The number of pyridine rings is 1. The molecule has 0 atom stereocenters. The number of piperidine rings is 1. The Morgan fingerprint density at radius 1 is 1.23 bits per heavy atom. The first-order valence-corrected chi connectivity index (χ1v) is 11.4. The largest absolute Gasteiger partial charge is 0.464 e. The second kappa shape index (κ2) is 7.64. The molecule has 0 aliphatic carbocycles. The van der Waals surface area contributed by atoms with Gasteiger partial charge in [0, 0.05) is 48.5 Å². The summed E-state index contributed by atoms with van der Waals surface area (Å²) in [6.07, 6.45) is 4.67. The summed E-state index contributed by atoms with van der Waals surface area (Å²) in [5.41, 5.74) is 3.38. The van der Waals surface area contributed by atoms with Crippen molar-refractivity contribution in [1.82, 2.24) is 19.7 Å². The van der Waals surface area contributed by atoms with Gasteiger partial charge in [0.15, 0.2) is 0 Å². The molecule has 0 bridgehead atoms. The molecule has 0 saturated carbocycles. The van der Waals surface area contributed by atoms with Crippen molar-refractivity contribution in [3.63, 3.8) is 0 Å². The van der Waals surface area contributed by atoms with Crippen LogP contribution in [0.2, 0.25) is 0 Å². The fourth-order valence-electron chi connectivity index (χ4n) is 3.97. The summed E-state index contributed by atoms with van der Waals surface area (Å²) in [6.45, 7) is 0.0593. The van der Waals surface area contributed by atoms with Crippen molar-refractivity contribution < 1.29 is 18.0 Å². The molecule has 1 saturated heterocycles. The number of para-hydroxylation sites is 1. The smallest absolute Gasteiger partial charge is 0.272 e. The zero-order valence-corrected chi connectivity index (χ0v) is 17.7. The van der Waals surface area contributed by atoms with Crippen LogP contribution in [0, 0.1) is 0 Å². The first kappa shape index (κ1) is 20.0. The summed E-state index contributed by atoms with van der Waals surface area (Å²) in [4.78, 5) is 18.7. The average Bonchev–Trinajstić information content (AvgIpc) is 3.35. The minimum atomic E-state index is -2.70. The molecule has 9 heteroatoms. The summed E-state index contributed by atoms with van der Waals surface area (Å²) in [6, 6.07) is 9.44. The number of aromatic nitrogens is 3. The van der Waals surface area contributed by atoms with Crippen LogP contribution in [0.25, 0.3) is 33.1 Å². The predicted molar refractivity (Wildman–Crippen MR) is 116 cm³/mol. The number of hydrogen-bond acceptors (Lipinski definition) is 5. The lowest BCUT2D eigenvalue weighted by atomic mass is 10.1. The first-order valence-electron chi connectivity index (χ1n) is 9.96. The molecule has 0 radical (unpaired) electrons. The molecule has 31 heavy (non-hydrogen) atoms. The predicted octanol–water partition coefficient (Wildman–Crippen LogP) is 5.04. The van der Waals surface area contributed by atoms with E-state index >= 15 is 0 Å². The van der Waals surface area contributed by atoms with Gasteiger partial charge in [-0.25, -0.2) is 8.78 Å².